The molecule has 1 amide bonds. The molecular weight excluding hydrogens is 445 g/mol. The van der Waals surface area contributed by atoms with Crippen molar-refractivity contribution < 1.29 is 23.4 Å². The second-order valence-electron chi connectivity index (χ2n) is 5.94. The van der Waals surface area contributed by atoms with E-state index >= 15 is 0 Å². The number of aromatic nitrogens is 2. The van der Waals surface area contributed by atoms with Crippen molar-refractivity contribution in [2.75, 3.05) is 26.1 Å². The molecule has 1 N–H and O–H groups in total. The molecule has 0 spiro atoms. The van der Waals surface area contributed by atoms with Crippen molar-refractivity contribution in [2.45, 2.75) is 6.54 Å². The van der Waals surface area contributed by atoms with Gasteiger partial charge in [-0.1, -0.05) is 12.1 Å². The zero-order valence-electron chi connectivity index (χ0n) is 15.8. The highest BCUT2D eigenvalue weighted by molar-refractivity contribution is 9.10. The lowest BCUT2D eigenvalue weighted by Gasteiger charge is -2.14. The topological polar surface area (TPSA) is 74.6 Å². The second kappa shape index (κ2) is 9.42. The van der Waals surface area contributed by atoms with Crippen molar-refractivity contribution in [3.63, 3.8) is 0 Å². The lowest BCUT2D eigenvalue weighted by Crippen LogP contribution is -2.22. The van der Waals surface area contributed by atoms with Gasteiger partial charge in [0.05, 0.1) is 31.4 Å². The SMILES string of the molecule is COc1cccc(Cn2nccc2NC(=O)COc2ccc(F)cc2Br)c1OC. The Labute approximate surface area is 175 Å². The minimum atomic E-state index is -0.398. The summed E-state index contributed by atoms with van der Waals surface area (Å²) in [6.45, 7) is 0.130. The number of carbonyl (C=O) groups is 1. The molecule has 1 heterocycles. The van der Waals surface area contributed by atoms with Gasteiger partial charge in [-0.15, -0.1) is 0 Å². The predicted octanol–water partition coefficient (Wildman–Crippen LogP) is 3.87. The Morgan fingerprint density at radius 3 is 2.72 bits per heavy atom. The Kier molecular flexibility index (Phi) is 6.71. The Hall–Kier alpha value is -3.07. The van der Waals surface area contributed by atoms with Crippen molar-refractivity contribution >= 4 is 27.7 Å². The quantitative estimate of drug-likeness (QED) is 0.548. The standard InChI is InChI=1S/C20H19BrFN3O4/c1-27-17-5-3-4-13(20(17)28-2)11-25-18(8-9-23-25)24-19(26)12-29-16-7-6-14(22)10-15(16)21/h3-10H,11-12H2,1-2H3,(H,24,26). The van der Waals surface area contributed by atoms with E-state index in [1.165, 1.54) is 18.2 Å². The molecule has 7 nitrogen and oxygen atoms in total. The average molecular weight is 464 g/mol. The molecule has 152 valence electrons. The van der Waals surface area contributed by atoms with Crippen molar-refractivity contribution in [1.82, 2.24) is 9.78 Å². The highest BCUT2D eigenvalue weighted by Gasteiger charge is 2.14. The molecule has 0 unspecified atom stereocenters. The summed E-state index contributed by atoms with van der Waals surface area (Å²) in [5, 5.41) is 7.01. The third kappa shape index (κ3) is 5.05. The molecule has 9 heteroatoms. The smallest absolute Gasteiger partial charge is 0.263 e. The number of methoxy groups -OCH3 is 2. The molecular formula is C20H19BrFN3O4. The van der Waals surface area contributed by atoms with Crippen LogP contribution in [-0.2, 0) is 11.3 Å². The van der Waals surface area contributed by atoms with Crippen LogP contribution in [0.15, 0.2) is 53.1 Å². The molecule has 3 aromatic rings. The fraction of sp³-hybridized carbons (Fsp3) is 0.200. The van der Waals surface area contributed by atoms with E-state index in [1.54, 1.807) is 37.2 Å². The van der Waals surface area contributed by atoms with Crippen LogP contribution in [0.4, 0.5) is 10.2 Å². The highest BCUT2D eigenvalue weighted by atomic mass is 79.9. The van der Waals surface area contributed by atoms with Gasteiger partial charge in [0, 0.05) is 11.6 Å². The van der Waals surface area contributed by atoms with E-state index in [9.17, 15) is 9.18 Å². The summed E-state index contributed by atoms with van der Waals surface area (Å²) in [7, 11) is 3.14. The molecule has 29 heavy (non-hydrogen) atoms. The lowest BCUT2D eigenvalue weighted by molar-refractivity contribution is -0.118. The molecule has 0 saturated heterocycles. The zero-order valence-corrected chi connectivity index (χ0v) is 17.4. The van der Waals surface area contributed by atoms with Crippen molar-refractivity contribution in [3.05, 3.63) is 64.5 Å². The van der Waals surface area contributed by atoms with Crippen LogP contribution < -0.4 is 19.5 Å². The van der Waals surface area contributed by atoms with E-state index in [0.29, 0.717) is 34.1 Å². The first-order valence-corrected chi connectivity index (χ1v) is 9.40. The third-order valence-corrected chi connectivity index (χ3v) is 4.66. The summed E-state index contributed by atoms with van der Waals surface area (Å²) < 4.78 is 31.4. The van der Waals surface area contributed by atoms with Gasteiger partial charge in [-0.25, -0.2) is 9.07 Å². The number of nitrogens with zero attached hydrogens (tertiary/aromatic N) is 2. The predicted molar refractivity (Wildman–Crippen MR) is 109 cm³/mol. The van der Waals surface area contributed by atoms with Gasteiger partial charge in [-0.3, -0.25) is 4.79 Å². The van der Waals surface area contributed by atoms with E-state index < -0.39 is 5.82 Å². The van der Waals surface area contributed by atoms with Gasteiger partial charge >= 0.3 is 0 Å². The van der Waals surface area contributed by atoms with Crippen LogP contribution in [0.25, 0.3) is 0 Å². The molecule has 0 saturated carbocycles. The Morgan fingerprint density at radius 1 is 1.17 bits per heavy atom. The van der Waals surface area contributed by atoms with Gasteiger partial charge in [-0.2, -0.15) is 5.10 Å². The number of ether oxygens (including phenoxy) is 3. The molecule has 0 atom stereocenters. The first-order chi connectivity index (χ1) is 14.0. The normalized spacial score (nSPS) is 10.5. The van der Waals surface area contributed by atoms with Crippen LogP contribution in [0.2, 0.25) is 0 Å². The summed E-state index contributed by atoms with van der Waals surface area (Å²) in [6.07, 6.45) is 1.58. The maximum atomic E-state index is 13.1. The fourth-order valence-corrected chi connectivity index (χ4v) is 3.18. The van der Waals surface area contributed by atoms with E-state index in [0.717, 1.165) is 5.56 Å². The largest absolute Gasteiger partial charge is 0.493 e. The second-order valence-corrected chi connectivity index (χ2v) is 6.79. The number of anilines is 1. The first kappa shape index (κ1) is 20.7. The molecule has 0 radical (unpaired) electrons. The summed E-state index contributed by atoms with van der Waals surface area (Å²) >= 11 is 3.20. The van der Waals surface area contributed by atoms with Crippen LogP contribution >= 0.6 is 15.9 Å². The number of halogens is 2. The Bertz CT molecular complexity index is 1010. The molecule has 0 aliphatic rings. The first-order valence-electron chi connectivity index (χ1n) is 8.61. The summed E-state index contributed by atoms with van der Waals surface area (Å²) in [6, 6.07) is 11.2. The Morgan fingerprint density at radius 2 is 2.00 bits per heavy atom. The number of rotatable bonds is 8. The van der Waals surface area contributed by atoms with Gasteiger partial charge < -0.3 is 19.5 Å². The van der Waals surface area contributed by atoms with Gasteiger partial charge in [-0.05, 0) is 40.2 Å². The summed E-state index contributed by atoms with van der Waals surface area (Å²) in [4.78, 5) is 12.3. The van der Waals surface area contributed by atoms with Crippen molar-refractivity contribution in [2.24, 2.45) is 0 Å². The van der Waals surface area contributed by atoms with Crippen molar-refractivity contribution in [1.29, 1.82) is 0 Å². The maximum absolute atomic E-state index is 13.1. The fourth-order valence-electron chi connectivity index (χ4n) is 2.72. The molecule has 3 rings (SSSR count). The number of carbonyl (C=O) groups excluding carboxylic acids is 1. The molecule has 1 aromatic heterocycles. The monoisotopic (exact) mass is 463 g/mol. The highest BCUT2D eigenvalue weighted by Crippen LogP contribution is 2.31. The number of benzene rings is 2. The van der Waals surface area contributed by atoms with Crippen LogP contribution in [-0.4, -0.2) is 36.5 Å². The van der Waals surface area contributed by atoms with E-state index in [4.69, 9.17) is 14.2 Å². The van der Waals surface area contributed by atoms with Gasteiger partial charge in [0.1, 0.15) is 17.4 Å². The summed E-state index contributed by atoms with van der Waals surface area (Å²) in [5.74, 6) is 1.32. The van der Waals surface area contributed by atoms with Crippen LogP contribution in [0.5, 0.6) is 17.2 Å². The van der Waals surface area contributed by atoms with E-state index in [-0.39, 0.29) is 12.5 Å². The third-order valence-electron chi connectivity index (χ3n) is 4.04. The van der Waals surface area contributed by atoms with Crippen LogP contribution in [0.3, 0.4) is 0 Å². The van der Waals surface area contributed by atoms with Gasteiger partial charge in [0.15, 0.2) is 18.1 Å². The van der Waals surface area contributed by atoms with Crippen LogP contribution in [0.1, 0.15) is 5.56 Å². The number of nitrogens with one attached hydrogen (secondary N) is 1. The number of amides is 1. The van der Waals surface area contributed by atoms with E-state index in [1.807, 2.05) is 12.1 Å². The number of hydrogen-bond acceptors (Lipinski definition) is 5. The lowest BCUT2D eigenvalue weighted by atomic mass is 10.2. The minimum Gasteiger partial charge on any atom is -0.493 e. The Balaban J connectivity index is 1.67. The van der Waals surface area contributed by atoms with Crippen molar-refractivity contribution in [3.8, 4) is 17.2 Å². The molecule has 2 aromatic carbocycles. The molecule has 0 bridgehead atoms. The maximum Gasteiger partial charge on any atom is 0.263 e. The summed E-state index contributed by atoms with van der Waals surface area (Å²) in [5.41, 5.74) is 0.845. The van der Waals surface area contributed by atoms with Gasteiger partial charge in [0.2, 0.25) is 0 Å². The molecule has 0 aliphatic heterocycles. The number of hydrogen-bond donors (Lipinski definition) is 1. The minimum absolute atomic E-state index is 0.238. The molecule has 0 aliphatic carbocycles. The average Bonchev–Trinajstić information content (AvgIpc) is 3.13. The molecule has 0 fully saturated rings. The van der Waals surface area contributed by atoms with E-state index in [2.05, 4.69) is 26.3 Å². The number of para-hydroxylation sites is 1. The zero-order chi connectivity index (χ0) is 20.8. The van der Waals surface area contributed by atoms with Crippen LogP contribution in [0, 0.1) is 5.82 Å². The van der Waals surface area contributed by atoms with Gasteiger partial charge in [0.25, 0.3) is 5.91 Å².